The first-order valence-electron chi connectivity index (χ1n) is 13.1. The number of rotatable bonds is 15. The third-order valence-corrected chi connectivity index (χ3v) is 7.08. The number of hydrogen-bond acceptors (Lipinski definition) is 6. The van der Waals surface area contributed by atoms with Gasteiger partial charge >= 0.3 is 11.9 Å². The van der Waals surface area contributed by atoms with Gasteiger partial charge in [0.25, 0.3) is 0 Å². The summed E-state index contributed by atoms with van der Waals surface area (Å²) in [5.74, 6) is -5.35. The molecule has 12 nitrogen and oxygen atoms in total. The van der Waals surface area contributed by atoms with Crippen molar-refractivity contribution in [1.29, 1.82) is 0 Å². The number of carboxylic acids is 2. The summed E-state index contributed by atoms with van der Waals surface area (Å²) in [6.07, 6.45) is 2.03. The highest BCUT2D eigenvalue weighted by molar-refractivity contribution is 5.95. The largest absolute Gasteiger partial charge is 0.481 e. The predicted octanol–water partition coefficient (Wildman–Crippen LogP) is 1.14. The van der Waals surface area contributed by atoms with E-state index in [1.54, 1.807) is 13.1 Å². The van der Waals surface area contributed by atoms with Crippen molar-refractivity contribution in [1.82, 2.24) is 20.9 Å². The summed E-state index contributed by atoms with van der Waals surface area (Å²) in [4.78, 5) is 65.3. The summed E-state index contributed by atoms with van der Waals surface area (Å²) >= 11 is 0. The molecule has 2 rings (SSSR count). The Balaban J connectivity index is 2.36. The maximum atomic E-state index is 13.5. The highest BCUT2D eigenvalue weighted by atomic mass is 16.4. The molecule has 0 saturated carbocycles. The average molecular weight is 546 g/mol. The SMILES string of the molecule is CCC(C)C(N)C(=O)NC(C(=O)NC(Cc1c[nH]c2ccccc12)C(=O)NC(CC(=O)O)C(=O)O)C(C)CC. The number of hydrogen-bond donors (Lipinski definition) is 7. The molecule has 214 valence electrons. The van der Waals surface area contributed by atoms with Crippen LogP contribution in [0.1, 0.15) is 52.5 Å². The van der Waals surface area contributed by atoms with Gasteiger partial charge in [0.15, 0.2) is 0 Å². The Hall–Kier alpha value is -3.93. The Morgan fingerprint density at radius 2 is 1.49 bits per heavy atom. The van der Waals surface area contributed by atoms with Gasteiger partial charge in [0.2, 0.25) is 17.7 Å². The lowest BCUT2D eigenvalue weighted by atomic mass is 9.95. The van der Waals surface area contributed by atoms with Gasteiger partial charge in [-0.15, -0.1) is 0 Å². The molecule has 0 fully saturated rings. The third kappa shape index (κ3) is 8.54. The zero-order valence-corrected chi connectivity index (χ0v) is 22.7. The highest BCUT2D eigenvalue weighted by Gasteiger charge is 2.34. The van der Waals surface area contributed by atoms with E-state index in [1.807, 2.05) is 45.0 Å². The summed E-state index contributed by atoms with van der Waals surface area (Å²) in [6, 6.07) is 2.53. The lowest BCUT2D eigenvalue weighted by Crippen LogP contribution is -2.59. The monoisotopic (exact) mass is 545 g/mol. The third-order valence-electron chi connectivity index (χ3n) is 7.08. The van der Waals surface area contributed by atoms with Crippen molar-refractivity contribution in [3.05, 3.63) is 36.0 Å². The van der Waals surface area contributed by atoms with Crippen LogP contribution in [0, 0.1) is 11.8 Å². The lowest BCUT2D eigenvalue weighted by molar-refractivity contribution is -0.147. The van der Waals surface area contributed by atoms with Gasteiger partial charge in [-0.25, -0.2) is 4.79 Å². The molecule has 6 atom stereocenters. The normalized spacial score (nSPS) is 15.8. The number of amides is 3. The van der Waals surface area contributed by atoms with Gasteiger partial charge in [0, 0.05) is 23.5 Å². The highest BCUT2D eigenvalue weighted by Crippen LogP contribution is 2.20. The van der Waals surface area contributed by atoms with E-state index in [4.69, 9.17) is 10.8 Å². The molecule has 12 heteroatoms. The topological polar surface area (TPSA) is 204 Å². The number of H-pyrrole nitrogens is 1. The van der Waals surface area contributed by atoms with E-state index in [1.165, 1.54) is 0 Å². The fraction of sp³-hybridized carbons (Fsp3) is 0.519. The minimum atomic E-state index is -1.70. The molecular formula is C27H39N5O7. The van der Waals surface area contributed by atoms with Crippen LogP contribution in [0.2, 0.25) is 0 Å². The fourth-order valence-corrected chi connectivity index (χ4v) is 4.10. The maximum absolute atomic E-state index is 13.5. The van der Waals surface area contributed by atoms with Crippen molar-refractivity contribution in [3.63, 3.8) is 0 Å². The van der Waals surface area contributed by atoms with Gasteiger partial charge < -0.3 is 36.9 Å². The second-order valence-electron chi connectivity index (χ2n) is 9.91. The fourth-order valence-electron chi connectivity index (χ4n) is 4.10. The van der Waals surface area contributed by atoms with Gasteiger partial charge in [0.05, 0.1) is 12.5 Å². The van der Waals surface area contributed by atoms with E-state index < -0.39 is 60.2 Å². The summed E-state index contributed by atoms with van der Waals surface area (Å²) in [6.45, 7) is 7.37. The Bertz CT molecular complexity index is 1180. The molecule has 0 bridgehead atoms. The molecule has 3 amide bonds. The number of aromatic nitrogens is 1. The van der Waals surface area contributed by atoms with Crippen LogP contribution in [0.4, 0.5) is 0 Å². The van der Waals surface area contributed by atoms with Gasteiger partial charge in [-0.1, -0.05) is 58.7 Å². The van der Waals surface area contributed by atoms with E-state index in [2.05, 4.69) is 20.9 Å². The molecule has 0 aliphatic heterocycles. The quantitative estimate of drug-likeness (QED) is 0.172. The van der Waals surface area contributed by atoms with Crippen LogP contribution in [0.15, 0.2) is 30.5 Å². The molecular weight excluding hydrogens is 506 g/mol. The van der Waals surface area contributed by atoms with E-state index in [9.17, 15) is 29.1 Å². The number of nitrogens with two attached hydrogens (primary N) is 1. The standard InChI is InChI=1S/C27H39N5O7/c1-5-14(3)22(28)25(36)32-23(15(4)6-2)26(37)30-19(24(35)31-20(27(38)39)12-21(33)34)11-16-13-29-18-10-8-7-9-17(16)18/h7-10,13-15,19-20,22-23,29H,5-6,11-12,28H2,1-4H3,(H,30,37)(H,31,35)(H,32,36)(H,33,34)(H,38,39). The number of carbonyl (C=O) groups is 5. The predicted molar refractivity (Wildman–Crippen MR) is 145 cm³/mol. The zero-order chi connectivity index (χ0) is 29.3. The molecule has 0 spiro atoms. The summed E-state index contributed by atoms with van der Waals surface area (Å²) in [7, 11) is 0. The molecule has 0 aliphatic carbocycles. The van der Waals surface area contributed by atoms with Gasteiger partial charge in [-0.2, -0.15) is 0 Å². The maximum Gasteiger partial charge on any atom is 0.326 e. The second kappa shape index (κ2) is 14.3. The lowest BCUT2D eigenvalue weighted by Gasteiger charge is -2.28. The van der Waals surface area contributed by atoms with E-state index in [-0.39, 0.29) is 18.3 Å². The number of aromatic amines is 1. The van der Waals surface area contributed by atoms with Crippen molar-refractivity contribution in [2.45, 2.75) is 77.5 Å². The molecule has 1 aromatic carbocycles. The van der Waals surface area contributed by atoms with Crippen molar-refractivity contribution >= 4 is 40.6 Å². The number of fused-ring (bicyclic) bond motifs is 1. The van der Waals surface area contributed by atoms with Crippen molar-refractivity contribution < 1.29 is 34.2 Å². The first-order valence-corrected chi connectivity index (χ1v) is 13.1. The Morgan fingerprint density at radius 1 is 0.872 bits per heavy atom. The number of nitrogens with one attached hydrogen (secondary N) is 4. The Morgan fingerprint density at radius 3 is 2.08 bits per heavy atom. The van der Waals surface area contributed by atoms with Crippen LogP contribution in [-0.4, -0.2) is 69.0 Å². The van der Waals surface area contributed by atoms with Crippen LogP contribution in [0.3, 0.4) is 0 Å². The molecule has 8 N–H and O–H groups in total. The average Bonchev–Trinajstić information content (AvgIpc) is 3.31. The van der Waals surface area contributed by atoms with Gasteiger partial charge in [-0.05, 0) is 23.5 Å². The van der Waals surface area contributed by atoms with Crippen LogP contribution in [-0.2, 0) is 30.4 Å². The van der Waals surface area contributed by atoms with Crippen molar-refractivity contribution in [2.24, 2.45) is 17.6 Å². The molecule has 0 radical (unpaired) electrons. The van der Waals surface area contributed by atoms with Crippen molar-refractivity contribution in [2.75, 3.05) is 0 Å². The molecule has 39 heavy (non-hydrogen) atoms. The molecule has 1 heterocycles. The van der Waals surface area contributed by atoms with Crippen LogP contribution >= 0.6 is 0 Å². The minimum Gasteiger partial charge on any atom is -0.481 e. The summed E-state index contributed by atoms with van der Waals surface area (Å²) < 4.78 is 0. The second-order valence-corrected chi connectivity index (χ2v) is 9.91. The molecule has 0 aliphatic rings. The van der Waals surface area contributed by atoms with Gasteiger partial charge in [-0.3, -0.25) is 19.2 Å². The number of aliphatic carboxylic acids is 2. The van der Waals surface area contributed by atoms with Crippen LogP contribution < -0.4 is 21.7 Å². The Labute approximate surface area is 227 Å². The summed E-state index contributed by atoms with van der Waals surface area (Å²) in [5, 5.41) is 26.9. The van der Waals surface area contributed by atoms with Gasteiger partial charge in [0.1, 0.15) is 18.1 Å². The molecule has 2 aromatic rings. The first-order chi connectivity index (χ1) is 18.4. The number of carbonyl (C=O) groups excluding carboxylic acids is 3. The molecule has 1 aromatic heterocycles. The first kappa shape index (κ1) is 31.3. The zero-order valence-electron chi connectivity index (χ0n) is 22.7. The Kier molecular flexibility index (Phi) is 11.5. The number of carboxylic acid groups (broad SMARTS) is 2. The smallest absolute Gasteiger partial charge is 0.326 e. The van der Waals surface area contributed by atoms with E-state index >= 15 is 0 Å². The minimum absolute atomic E-state index is 0.0193. The van der Waals surface area contributed by atoms with Crippen molar-refractivity contribution in [3.8, 4) is 0 Å². The number of para-hydroxylation sites is 1. The summed E-state index contributed by atoms with van der Waals surface area (Å²) in [5.41, 5.74) is 7.54. The molecule has 6 unspecified atom stereocenters. The van der Waals surface area contributed by atoms with E-state index in [0.717, 1.165) is 10.9 Å². The molecule has 0 saturated heterocycles. The van der Waals surface area contributed by atoms with E-state index in [0.29, 0.717) is 18.4 Å². The number of benzene rings is 1. The van der Waals surface area contributed by atoms with Crippen LogP contribution in [0.5, 0.6) is 0 Å². The van der Waals surface area contributed by atoms with Crippen LogP contribution in [0.25, 0.3) is 10.9 Å².